The summed E-state index contributed by atoms with van der Waals surface area (Å²) in [6.45, 7) is 3.95. The van der Waals surface area contributed by atoms with E-state index in [0.717, 1.165) is 16.9 Å². The van der Waals surface area contributed by atoms with Gasteiger partial charge in [-0.3, -0.25) is 10.1 Å². The number of hydrogen-bond donors (Lipinski definition) is 0. The summed E-state index contributed by atoms with van der Waals surface area (Å²) in [6, 6.07) is 12.0. The average Bonchev–Trinajstić information content (AvgIpc) is 2.34. The number of rotatable bonds is 3. The van der Waals surface area contributed by atoms with Gasteiger partial charge in [0.05, 0.1) is 4.92 Å². The van der Waals surface area contributed by atoms with Crippen molar-refractivity contribution in [2.45, 2.75) is 13.8 Å². The van der Waals surface area contributed by atoms with Gasteiger partial charge in [-0.1, -0.05) is 12.1 Å². The van der Waals surface area contributed by atoms with Crippen LogP contribution in [0.3, 0.4) is 0 Å². The number of aryl methyl sites for hydroxylation is 2. The lowest BCUT2D eigenvalue weighted by molar-refractivity contribution is -0.384. The van der Waals surface area contributed by atoms with E-state index in [1.54, 1.807) is 12.1 Å². The highest BCUT2D eigenvalue weighted by molar-refractivity contribution is 5.42. The van der Waals surface area contributed by atoms with Crippen LogP contribution in [0.5, 0.6) is 11.5 Å². The molecule has 0 aliphatic rings. The van der Waals surface area contributed by atoms with Crippen molar-refractivity contribution in [3.8, 4) is 11.5 Å². The van der Waals surface area contributed by atoms with Crippen LogP contribution in [-0.2, 0) is 0 Å². The van der Waals surface area contributed by atoms with Gasteiger partial charge >= 0.3 is 0 Å². The van der Waals surface area contributed by atoms with Gasteiger partial charge in [0.1, 0.15) is 11.5 Å². The molecule has 4 heteroatoms. The predicted octanol–water partition coefficient (Wildman–Crippen LogP) is 4.00. The number of ether oxygens (including phenoxy) is 1. The van der Waals surface area contributed by atoms with Crippen LogP contribution >= 0.6 is 0 Å². The summed E-state index contributed by atoms with van der Waals surface area (Å²) >= 11 is 0. The minimum Gasteiger partial charge on any atom is -0.457 e. The van der Waals surface area contributed by atoms with Crippen molar-refractivity contribution in [2.75, 3.05) is 0 Å². The lowest BCUT2D eigenvalue weighted by atomic mass is 10.1. The fourth-order valence-corrected chi connectivity index (χ4v) is 1.58. The minimum atomic E-state index is -0.429. The summed E-state index contributed by atoms with van der Waals surface area (Å²) in [7, 11) is 0. The first-order valence-corrected chi connectivity index (χ1v) is 5.56. The zero-order valence-electron chi connectivity index (χ0n) is 10.2. The third-order valence-electron chi connectivity index (χ3n) is 2.62. The topological polar surface area (TPSA) is 52.4 Å². The molecule has 0 aliphatic heterocycles. The zero-order valence-corrected chi connectivity index (χ0v) is 10.2. The Bertz CT molecular complexity index is 576. The van der Waals surface area contributed by atoms with E-state index in [2.05, 4.69) is 0 Å². The van der Waals surface area contributed by atoms with Crippen molar-refractivity contribution in [3.05, 3.63) is 63.7 Å². The Morgan fingerprint density at radius 3 is 2.33 bits per heavy atom. The number of nitro benzene ring substituents is 1. The van der Waals surface area contributed by atoms with E-state index in [9.17, 15) is 10.1 Å². The maximum Gasteiger partial charge on any atom is 0.269 e. The van der Waals surface area contributed by atoms with Crippen LogP contribution < -0.4 is 4.74 Å². The van der Waals surface area contributed by atoms with Gasteiger partial charge in [-0.2, -0.15) is 0 Å². The third kappa shape index (κ3) is 2.66. The number of nitrogens with zero attached hydrogens (tertiary/aromatic N) is 1. The van der Waals surface area contributed by atoms with Crippen LogP contribution in [-0.4, -0.2) is 4.92 Å². The van der Waals surface area contributed by atoms with E-state index in [0.29, 0.717) is 5.75 Å². The largest absolute Gasteiger partial charge is 0.457 e. The Balaban J connectivity index is 2.23. The second kappa shape index (κ2) is 4.87. The van der Waals surface area contributed by atoms with Gasteiger partial charge in [-0.05, 0) is 43.2 Å². The van der Waals surface area contributed by atoms with Crippen LogP contribution in [0.15, 0.2) is 42.5 Å². The van der Waals surface area contributed by atoms with E-state index in [-0.39, 0.29) is 5.69 Å². The smallest absolute Gasteiger partial charge is 0.269 e. The molecular weight excluding hydrogens is 230 g/mol. The number of non-ortho nitro benzene ring substituents is 1. The molecule has 0 heterocycles. The summed E-state index contributed by atoms with van der Waals surface area (Å²) in [6.07, 6.45) is 0. The second-order valence-electron chi connectivity index (χ2n) is 4.12. The molecule has 0 atom stereocenters. The molecule has 0 unspecified atom stereocenters. The van der Waals surface area contributed by atoms with Gasteiger partial charge < -0.3 is 4.74 Å². The van der Waals surface area contributed by atoms with Gasteiger partial charge in [0.25, 0.3) is 5.69 Å². The Morgan fingerprint density at radius 2 is 1.72 bits per heavy atom. The normalized spacial score (nSPS) is 10.1. The van der Waals surface area contributed by atoms with Crippen LogP contribution in [0.4, 0.5) is 5.69 Å². The molecule has 4 nitrogen and oxygen atoms in total. The van der Waals surface area contributed by atoms with Crippen molar-refractivity contribution in [1.29, 1.82) is 0 Å². The first-order chi connectivity index (χ1) is 8.56. The van der Waals surface area contributed by atoms with E-state index in [1.165, 1.54) is 12.1 Å². The Morgan fingerprint density at radius 1 is 1.06 bits per heavy atom. The van der Waals surface area contributed by atoms with Gasteiger partial charge in [0.15, 0.2) is 0 Å². The maximum absolute atomic E-state index is 10.5. The van der Waals surface area contributed by atoms with Crippen molar-refractivity contribution in [3.63, 3.8) is 0 Å². The Kier molecular flexibility index (Phi) is 3.28. The van der Waals surface area contributed by atoms with E-state index in [1.807, 2.05) is 32.0 Å². The van der Waals surface area contributed by atoms with Crippen LogP contribution in [0, 0.1) is 24.0 Å². The molecule has 0 aliphatic carbocycles. The molecule has 0 aromatic heterocycles. The van der Waals surface area contributed by atoms with Crippen molar-refractivity contribution in [1.82, 2.24) is 0 Å². The van der Waals surface area contributed by atoms with Gasteiger partial charge in [0, 0.05) is 12.1 Å². The van der Waals surface area contributed by atoms with Crippen molar-refractivity contribution in [2.24, 2.45) is 0 Å². The minimum absolute atomic E-state index is 0.0586. The van der Waals surface area contributed by atoms with Gasteiger partial charge in [-0.15, -0.1) is 0 Å². The highest BCUT2D eigenvalue weighted by Gasteiger charge is 2.06. The number of hydrogen-bond acceptors (Lipinski definition) is 3. The molecule has 0 bridgehead atoms. The molecule has 18 heavy (non-hydrogen) atoms. The predicted molar refractivity (Wildman–Crippen MR) is 69.1 cm³/mol. The summed E-state index contributed by atoms with van der Waals surface area (Å²) < 4.78 is 5.70. The standard InChI is InChI=1S/C14H13NO3/c1-10-3-4-11(2)14(9-10)18-13-7-5-12(6-8-13)15(16)17/h3-9H,1-2H3. The molecular formula is C14H13NO3. The van der Waals surface area contributed by atoms with E-state index < -0.39 is 4.92 Å². The molecule has 0 fully saturated rings. The van der Waals surface area contributed by atoms with Crippen LogP contribution in [0.2, 0.25) is 0 Å². The highest BCUT2D eigenvalue weighted by atomic mass is 16.6. The molecule has 0 radical (unpaired) electrons. The van der Waals surface area contributed by atoms with Gasteiger partial charge in [-0.25, -0.2) is 0 Å². The molecule has 2 aromatic rings. The lowest BCUT2D eigenvalue weighted by Gasteiger charge is -2.09. The second-order valence-corrected chi connectivity index (χ2v) is 4.12. The molecule has 0 spiro atoms. The number of nitro groups is 1. The van der Waals surface area contributed by atoms with E-state index in [4.69, 9.17) is 4.74 Å². The highest BCUT2D eigenvalue weighted by Crippen LogP contribution is 2.27. The fourth-order valence-electron chi connectivity index (χ4n) is 1.58. The molecule has 0 N–H and O–H groups in total. The molecule has 92 valence electrons. The molecule has 0 saturated carbocycles. The summed E-state index contributed by atoms with van der Waals surface area (Å²) in [4.78, 5) is 10.1. The maximum atomic E-state index is 10.5. The quantitative estimate of drug-likeness (QED) is 0.604. The zero-order chi connectivity index (χ0) is 13.1. The van der Waals surface area contributed by atoms with Crippen LogP contribution in [0.1, 0.15) is 11.1 Å². The lowest BCUT2D eigenvalue weighted by Crippen LogP contribution is -1.90. The first kappa shape index (κ1) is 12.1. The summed E-state index contributed by atoms with van der Waals surface area (Å²) in [5.41, 5.74) is 2.19. The molecule has 0 saturated heterocycles. The summed E-state index contributed by atoms with van der Waals surface area (Å²) in [5, 5.41) is 10.5. The Hall–Kier alpha value is -2.36. The first-order valence-electron chi connectivity index (χ1n) is 5.56. The molecule has 2 aromatic carbocycles. The van der Waals surface area contributed by atoms with E-state index >= 15 is 0 Å². The monoisotopic (exact) mass is 243 g/mol. The van der Waals surface area contributed by atoms with Crippen LogP contribution in [0.25, 0.3) is 0 Å². The third-order valence-corrected chi connectivity index (χ3v) is 2.62. The SMILES string of the molecule is Cc1ccc(C)c(Oc2ccc([N+](=O)[O-])cc2)c1. The van der Waals surface area contributed by atoms with Crippen molar-refractivity contribution >= 4 is 5.69 Å². The summed E-state index contributed by atoms with van der Waals surface area (Å²) in [5.74, 6) is 1.36. The molecule has 2 rings (SSSR count). The Labute approximate surface area is 105 Å². The van der Waals surface area contributed by atoms with Crippen molar-refractivity contribution < 1.29 is 9.66 Å². The fraction of sp³-hybridized carbons (Fsp3) is 0.143. The molecule has 0 amide bonds. The average molecular weight is 243 g/mol. The number of benzene rings is 2. The van der Waals surface area contributed by atoms with Gasteiger partial charge in [0.2, 0.25) is 0 Å².